The molecule has 3 aromatic rings. The summed E-state index contributed by atoms with van der Waals surface area (Å²) in [6, 6.07) is 13.5. The van der Waals surface area contributed by atoms with Crippen molar-refractivity contribution >= 4 is 16.8 Å². The molecular weight excluding hydrogens is 347 g/mol. The summed E-state index contributed by atoms with van der Waals surface area (Å²) in [6.45, 7) is 0.543. The standard InChI is InChI=1S/C20H19FN4O2/c21-15-5-3-4-14(12-15)13-24(16-8-9-16)19(26)10-11-25-20(27)17-6-1-2-7-18(17)22-23-25/h1-7,12,16H,8-11,13H2. The molecule has 2 aromatic carbocycles. The Morgan fingerprint density at radius 1 is 1.19 bits per heavy atom. The molecule has 1 aliphatic carbocycles. The van der Waals surface area contributed by atoms with Gasteiger partial charge in [0.25, 0.3) is 5.56 Å². The SMILES string of the molecule is O=C(CCn1nnc2ccccc2c1=O)N(Cc1cccc(F)c1)C1CC1. The minimum absolute atomic E-state index is 0.0661. The Balaban J connectivity index is 1.47. The molecule has 0 unspecified atom stereocenters. The molecule has 0 aliphatic heterocycles. The zero-order valence-electron chi connectivity index (χ0n) is 14.7. The maximum atomic E-state index is 13.4. The average Bonchev–Trinajstić information content (AvgIpc) is 3.51. The van der Waals surface area contributed by atoms with Gasteiger partial charge in [0.05, 0.1) is 11.9 Å². The lowest BCUT2D eigenvalue weighted by Crippen LogP contribution is -2.34. The Hall–Kier alpha value is -3.09. The predicted molar refractivity (Wildman–Crippen MR) is 98.4 cm³/mol. The molecule has 0 spiro atoms. The normalized spacial score (nSPS) is 13.7. The molecule has 1 aliphatic rings. The van der Waals surface area contributed by atoms with Gasteiger partial charge in [-0.15, -0.1) is 5.10 Å². The summed E-state index contributed by atoms with van der Waals surface area (Å²) in [5.41, 5.74) is 1.05. The van der Waals surface area contributed by atoms with Crippen molar-refractivity contribution in [3.8, 4) is 0 Å². The summed E-state index contributed by atoms with van der Waals surface area (Å²) in [5, 5.41) is 8.45. The third-order valence-electron chi connectivity index (χ3n) is 4.72. The summed E-state index contributed by atoms with van der Waals surface area (Å²) in [7, 11) is 0. The van der Waals surface area contributed by atoms with Crippen molar-refractivity contribution < 1.29 is 9.18 Å². The first kappa shape index (κ1) is 17.3. The lowest BCUT2D eigenvalue weighted by Gasteiger charge is -2.22. The van der Waals surface area contributed by atoms with Crippen LogP contribution < -0.4 is 5.56 Å². The van der Waals surface area contributed by atoms with Crippen molar-refractivity contribution in [1.29, 1.82) is 0 Å². The van der Waals surface area contributed by atoms with Gasteiger partial charge in [0.2, 0.25) is 5.91 Å². The molecule has 0 atom stereocenters. The van der Waals surface area contributed by atoms with E-state index in [9.17, 15) is 14.0 Å². The van der Waals surface area contributed by atoms with E-state index in [1.54, 1.807) is 35.2 Å². The molecule has 138 valence electrons. The summed E-state index contributed by atoms with van der Waals surface area (Å²) in [5.74, 6) is -0.377. The highest BCUT2D eigenvalue weighted by Gasteiger charge is 2.32. The summed E-state index contributed by atoms with van der Waals surface area (Å²) < 4.78 is 14.6. The molecule has 4 rings (SSSR count). The highest BCUT2D eigenvalue weighted by atomic mass is 19.1. The fraction of sp³-hybridized carbons (Fsp3) is 0.300. The number of hydrogen-bond donors (Lipinski definition) is 0. The third kappa shape index (κ3) is 3.86. The van der Waals surface area contributed by atoms with Crippen LogP contribution in [-0.4, -0.2) is 31.8 Å². The van der Waals surface area contributed by atoms with E-state index in [0.717, 1.165) is 18.4 Å². The van der Waals surface area contributed by atoms with Crippen LogP contribution in [-0.2, 0) is 17.9 Å². The molecular formula is C20H19FN4O2. The number of nitrogens with zero attached hydrogens (tertiary/aromatic N) is 4. The largest absolute Gasteiger partial charge is 0.335 e. The number of hydrogen-bond acceptors (Lipinski definition) is 4. The molecule has 1 amide bonds. The van der Waals surface area contributed by atoms with Crippen molar-refractivity contribution in [3.63, 3.8) is 0 Å². The van der Waals surface area contributed by atoms with Crippen molar-refractivity contribution in [1.82, 2.24) is 19.9 Å². The van der Waals surface area contributed by atoms with E-state index in [1.165, 1.54) is 16.8 Å². The summed E-state index contributed by atoms with van der Waals surface area (Å²) in [4.78, 5) is 27.0. The maximum absolute atomic E-state index is 13.4. The number of carbonyl (C=O) groups is 1. The summed E-state index contributed by atoms with van der Waals surface area (Å²) in [6.07, 6.45) is 2.06. The highest BCUT2D eigenvalue weighted by molar-refractivity contribution is 5.77. The number of benzene rings is 2. The van der Waals surface area contributed by atoms with Gasteiger partial charge in [-0.05, 0) is 42.7 Å². The monoisotopic (exact) mass is 366 g/mol. The van der Waals surface area contributed by atoms with Gasteiger partial charge >= 0.3 is 0 Å². The number of halogens is 1. The summed E-state index contributed by atoms with van der Waals surface area (Å²) >= 11 is 0. The van der Waals surface area contributed by atoms with Gasteiger partial charge in [-0.1, -0.05) is 29.5 Å². The average molecular weight is 366 g/mol. The fourth-order valence-corrected chi connectivity index (χ4v) is 3.15. The minimum atomic E-state index is -0.311. The van der Waals surface area contributed by atoms with Crippen LogP contribution in [0.3, 0.4) is 0 Å². The first-order valence-corrected chi connectivity index (χ1v) is 8.98. The predicted octanol–water partition coefficient (Wildman–Crippen LogP) is 2.51. The van der Waals surface area contributed by atoms with Crippen molar-refractivity contribution in [2.75, 3.05) is 0 Å². The maximum Gasteiger partial charge on any atom is 0.277 e. The van der Waals surface area contributed by atoms with E-state index in [1.807, 2.05) is 6.07 Å². The molecule has 0 saturated heterocycles. The number of aromatic nitrogens is 3. The van der Waals surface area contributed by atoms with E-state index in [-0.39, 0.29) is 36.3 Å². The Kier molecular flexibility index (Phi) is 4.66. The lowest BCUT2D eigenvalue weighted by molar-refractivity contribution is -0.132. The number of aryl methyl sites for hydroxylation is 1. The Morgan fingerprint density at radius 2 is 2.00 bits per heavy atom. The molecule has 0 bridgehead atoms. The zero-order valence-corrected chi connectivity index (χ0v) is 14.7. The topological polar surface area (TPSA) is 68.1 Å². The lowest BCUT2D eigenvalue weighted by atomic mass is 10.2. The van der Waals surface area contributed by atoms with Crippen LogP contribution in [0.15, 0.2) is 53.3 Å². The Bertz CT molecular complexity index is 1050. The number of rotatable bonds is 6. The molecule has 1 aromatic heterocycles. The molecule has 7 heteroatoms. The molecule has 0 radical (unpaired) electrons. The number of amides is 1. The van der Waals surface area contributed by atoms with Crippen molar-refractivity contribution in [2.24, 2.45) is 0 Å². The molecule has 1 fully saturated rings. The zero-order chi connectivity index (χ0) is 18.8. The van der Waals surface area contributed by atoms with Crippen LogP contribution in [0, 0.1) is 5.82 Å². The minimum Gasteiger partial charge on any atom is -0.335 e. The van der Waals surface area contributed by atoms with Crippen LogP contribution >= 0.6 is 0 Å². The van der Waals surface area contributed by atoms with Gasteiger partial charge < -0.3 is 4.90 Å². The second-order valence-corrected chi connectivity index (χ2v) is 6.77. The van der Waals surface area contributed by atoms with Gasteiger partial charge in [0.15, 0.2) is 0 Å². The van der Waals surface area contributed by atoms with Crippen LogP contribution in [0.2, 0.25) is 0 Å². The molecule has 1 saturated carbocycles. The number of carbonyl (C=O) groups excluding carboxylic acids is 1. The van der Waals surface area contributed by atoms with E-state index >= 15 is 0 Å². The Labute approximate surface area is 155 Å². The van der Waals surface area contributed by atoms with E-state index in [4.69, 9.17) is 0 Å². The quantitative estimate of drug-likeness (QED) is 0.672. The van der Waals surface area contributed by atoms with E-state index in [2.05, 4.69) is 10.3 Å². The van der Waals surface area contributed by atoms with Crippen LogP contribution in [0.5, 0.6) is 0 Å². The molecule has 0 N–H and O–H groups in total. The third-order valence-corrected chi connectivity index (χ3v) is 4.72. The number of fused-ring (bicyclic) bond motifs is 1. The fourth-order valence-electron chi connectivity index (χ4n) is 3.15. The highest BCUT2D eigenvalue weighted by Crippen LogP contribution is 2.29. The van der Waals surface area contributed by atoms with Crippen LogP contribution in [0.25, 0.3) is 10.9 Å². The second kappa shape index (κ2) is 7.26. The molecule has 6 nitrogen and oxygen atoms in total. The van der Waals surface area contributed by atoms with Gasteiger partial charge in [-0.25, -0.2) is 9.07 Å². The first-order valence-electron chi connectivity index (χ1n) is 8.98. The molecule has 27 heavy (non-hydrogen) atoms. The first-order chi connectivity index (χ1) is 13.1. The van der Waals surface area contributed by atoms with E-state index < -0.39 is 0 Å². The second-order valence-electron chi connectivity index (χ2n) is 6.77. The van der Waals surface area contributed by atoms with Gasteiger partial charge in [0, 0.05) is 19.0 Å². The van der Waals surface area contributed by atoms with Crippen LogP contribution in [0.1, 0.15) is 24.8 Å². The smallest absolute Gasteiger partial charge is 0.277 e. The Morgan fingerprint density at radius 3 is 2.78 bits per heavy atom. The van der Waals surface area contributed by atoms with Gasteiger partial charge in [-0.3, -0.25) is 9.59 Å². The van der Waals surface area contributed by atoms with Crippen LogP contribution in [0.4, 0.5) is 4.39 Å². The van der Waals surface area contributed by atoms with Crippen molar-refractivity contribution in [2.45, 2.75) is 38.4 Å². The van der Waals surface area contributed by atoms with Crippen molar-refractivity contribution in [3.05, 3.63) is 70.3 Å². The van der Waals surface area contributed by atoms with E-state index in [0.29, 0.717) is 17.4 Å². The molecule has 1 heterocycles. The van der Waals surface area contributed by atoms with Gasteiger partial charge in [-0.2, -0.15) is 0 Å². The van der Waals surface area contributed by atoms with Gasteiger partial charge in [0.1, 0.15) is 11.3 Å².